The third-order valence-corrected chi connectivity index (χ3v) is 9.25. The van der Waals surface area contributed by atoms with Gasteiger partial charge in [0.15, 0.2) is 5.75 Å². The molecule has 5 N–H and O–H groups in total. The van der Waals surface area contributed by atoms with Crippen molar-refractivity contribution in [1.29, 1.82) is 0 Å². The fourth-order valence-electron chi connectivity index (χ4n) is 4.47. The van der Waals surface area contributed by atoms with Crippen LogP contribution in [0.3, 0.4) is 0 Å². The number of aryl methyl sites for hydroxylation is 1. The van der Waals surface area contributed by atoms with Crippen molar-refractivity contribution < 1.29 is 44.0 Å². The summed E-state index contributed by atoms with van der Waals surface area (Å²) in [7, 11) is -14.6. The number of halogens is 2. The number of azo groups is 1. The van der Waals surface area contributed by atoms with Crippen molar-refractivity contribution in [2.75, 3.05) is 5.32 Å². The van der Waals surface area contributed by atoms with Crippen molar-refractivity contribution in [3.63, 3.8) is 0 Å². The molecule has 0 saturated carbocycles. The van der Waals surface area contributed by atoms with Crippen LogP contribution in [0, 0.1) is 6.92 Å². The molecular formula is C24H16Cl2N6O10S3. The fourth-order valence-corrected chi connectivity index (χ4v) is 6.91. The normalized spacial score (nSPS) is 12.8. The third-order valence-electron chi connectivity index (χ3n) is 6.22. The summed E-state index contributed by atoms with van der Waals surface area (Å²) in [6.07, 6.45) is 0. The van der Waals surface area contributed by atoms with E-state index in [0.29, 0.717) is 0 Å². The number of nitrogens with zero attached hydrogens (tertiary/aromatic N) is 5. The zero-order valence-corrected chi connectivity index (χ0v) is 26.0. The molecule has 234 valence electrons. The molecule has 0 bridgehead atoms. The molecule has 1 aromatic heterocycles. The summed E-state index contributed by atoms with van der Waals surface area (Å²) in [5.41, 5.74) is -0.693. The Balaban J connectivity index is 1.74. The predicted molar refractivity (Wildman–Crippen MR) is 161 cm³/mol. The Kier molecular flexibility index (Phi) is 8.17. The first-order chi connectivity index (χ1) is 20.8. The molecule has 1 heterocycles. The monoisotopic (exact) mass is 714 g/mol. The van der Waals surface area contributed by atoms with Crippen molar-refractivity contribution in [3.05, 3.63) is 64.7 Å². The van der Waals surface area contributed by atoms with Crippen molar-refractivity contribution in [2.24, 2.45) is 10.2 Å². The van der Waals surface area contributed by atoms with Crippen molar-refractivity contribution in [2.45, 2.75) is 21.6 Å². The van der Waals surface area contributed by atoms with Gasteiger partial charge in [0.05, 0.1) is 10.6 Å². The maximum Gasteiger partial charge on any atom is 0.297 e. The van der Waals surface area contributed by atoms with Gasteiger partial charge in [0.2, 0.25) is 16.5 Å². The highest BCUT2D eigenvalue weighted by atomic mass is 35.5. The van der Waals surface area contributed by atoms with Gasteiger partial charge in [-0.3, -0.25) is 13.7 Å². The molecule has 16 nitrogen and oxygen atoms in total. The zero-order valence-electron chi connectivity index (χ0n) is 22.1. The standard InChI is InChI=1S/C24H16Cl2N6O10S3/c1-10-7-11-8-12(43(34,35)36)9-16(27-24-29-22(25)28-23(26)30-24)18(11)20(33)19(10)32-31-15-6-5-13-14(21(15)45(40,41)42)3-2-4-17(13)44(37,38)39/h2-9,33H,1H3,(H,34,35,36)(H,37,38,39)(H,40,41,42)(H,27,28,29,30). The maximum atomic E-state index is 12.4. The Bertz CT molecular complexity index is 2420. The second-order valence-electron chi connectivity index (χ2n) is 9.17. The van der Waals surface area contributed by atoms with E-state index in [-0.39, 0.29) is 55.0 Å². The number of anilines is 2. The van der Waals surface area contributed by atoms with Gasteiger partial charge < -0.3 is 10.4 Å². The summed E-state index contributed by atoms with van der Waals surface area (Å²) in [6.45, 7) is 1.45. The number of nitrogens with one attached hydrogen (secondary N) is 1. The number of aromatic hydroxyl groups is 1. The van der Waals surface area contributed by atoms with Crippen LogP contribution in [0.2, 0.25) is 10.6 Å². The van der Waals surface area contributed by atoms with Crippen LogP contribution >= 0.6 is 23.2 Å². The van der Waals surface area contributed by atoms with Crippen LogP contribution < -0.4 is 5.32 Å². The first-order valence-electron chi connectivity index (χ1n) is 11.9. The average molecular weight is 716 g/mol. The summed E-state index contributed by atoms with van der Waals surface area (Å²) in [4.78, 5) is 9.23. The lowest BCUT2D eigenvalue weighted by Gasteiger charge is -2.14. The second kappa shape index (κ2) is 11.4. The lowest BCUT2D eigenvalue weighted by molar-refractivity contribution is 0.480. The highest BCUT2D eigenvalue weighted by Gasteiger charge is 2.24. The molecule has 5 aromatic rings. The molecule has 0 spiro atoms. The van der Waals surface area contributed by atoms with Crippen LogP contribution in [-0.2, 0) is 30.4 Å². The van der Waals surface area contributed by atoms with Gasteiger partial charge in [0.25, 0.3) is 30.4 Å². The molecule has 0 atom stereocenters. The van der Waals surface area contributed by atoms with Crippen LogP contribution in [-0.4, -0.2) is 59.0 Å². The van der Waals surface area contributed by atoms with Gasteiger partial charge >= 0.3 is 0 Å². The van der Waals surface area contributed by atoms with E-state index in [0.717, 1.165) is 36.4 Å². The quantitative estimate of drug-likeness (QED) is 0.104. The van der Waals surface area contributed by atoms with Crippen LogP contribution in [0.1, 0.15) is 5.56 Å². The van der Waals surface area contributed by atoms with Crippen LogP contribution in [0.4, 0.5) is 23.0 Å². The number of hydrogen-bond acceptors (Lipinski definition) is 13. The highest BCUT2D eigenvalue weighted by molar-refractivity contribution is 7.86. The Labute approximate surface area is 263 Å². The van der Waals surface area contributed by atoms with Crippen LogP contribution in [0.15, 0.2) is 73.4 Å². The molecule has 0 radical (unpaired) electrons. The summed E-state index contributed by atoms with van der Waals surface area (Å²) in [6, 6.07) is 8.89. The Morgan fingerprint density at radius 1 is 0.778 bits per heavy atom. The number of phenolic OH excluding ortho intramolecular Hbond substituents is 1. The van der Waals surface area contributed by atoms with E-state index in [1.807, 2.05) is 0 Å². The lowest BCUT2D eigenvalue weighted by Crippen LogP contribution is -2.03. The van der Waals surface area contributed by atoms with Gasteiger partial charge in [-0.05, 0) is 71.4 Å². The summed E-state index contributed by atoms with van der Waals surface area (Å²) in [5, 5.41) is 20.7. The largest absolute Gasteiger partial charge is 0.505 e. The maximum absolute atomic E-state index is 12.4. The predicted octanol–water partition coefficient (Wildman–Crippen LogP) is 5.40. The van der Waals surface area contributed by atoms with E-state index >= 15 is 0 Å². The minimum atomic E-state index is -5.07. The zero-order chi connectivity index (χ0) is 33.1. The number of phenols is 1. The van der Waals surface area contributed by atoms with Crippen LogP contribution in [0.25, 0.3) is 21.5 Å². The first kappa shape index (κ1) is 32.3. The minimum Gasteiger partial charge on any atom is -0.505 e. The van der Waals surface area contributed by atoms with E-state index in [4.69, 9.17) is 23.2 Å². The highest BCUT2D eigenvalue weighted by Crippen LogP contribution is 2.44. The first-order valence-corrected chi connectivity index (χ1v) is 17.0. The van der Waals surface area contributed by atoms with Gasteiger partial charge in [-0.25, -0.2) is 0 Å². The van der Waals surface area contributed by atoms with Gasteiger partial charge in [0, 0.05) is 16.2 Å². The van der Waals surface area contributed by atoms with Gasteiger partial charge in [-0.1, -0.05) is 18.2 Å². The summed E-state index contributed by atoms with van der Waals surface area (Å²) in [5.74, 6) is -0.873. The van der Waals surface area contributed by atoms with Gasteiger partial charge in [0.1, 0.15) is 21.2 Å². The van der Waals surface area contributed by atoms with Crippen molar-refractivity contribution in [1.82, 2.24) is 15.0 Å². The molecule has 21 heteroatoms. The molecule has 0 unspecified atom stereocenters. The summed E-state index contributed by atoms with van der Waals surface area (Å²) >= 11 is 11.7. The topological polar surface area (TPSA) is 259 Å². The summed E-state index contributed by atoms with van der Waals surface area (Å²) < 4.78 is 102. The molecule has 0 aliphatic rings. The Hall–Kier alpha value is -4.08. The SMILES string of the molecule is Cc1cc2cc(S(=O)(=O)O)cc(Nc3nc(Cl)nc(Cl)n3)c2c(O)c1N=Nc1ccc2c(S(=O)(=O)O)cccc2c1S(=O)(=O)O. The molecule has 0 fully saturated rings. The molecule has 0 aliphatic carbocycles. The molecule has 4 aromatic carbocycles. The van der Waals surface area contributed by atoms with E-state index in [2.05, 4.69) is 30.5 Å². The van der Waals surface area contributed by atoms with Crippen molar-refractivity contribution >= 4 is 98.1 Å². The smallest absolute Gasteiger partial charge is 0.297 e. The number of rotatable bonds is 7. The molecule has 0 saturated heterocycles. The van der Waals surface area contributed by atoms with Crippen molar-refractivity contribution in [3.8, 4) is 5.75 Å². The van der Waals surface area contributed by atoms with Crippen LogP contribution in [0.5, 0.6) is 5.75 Å². The van der Waals surface area contributed by atoms with Gasteiger partial charge in [-0.2, -0.15) is 40.2 Å². The van der Waals surface area contributed by atoms with E-state index < -0.39 is 56.5 Å². The van der Waals surface area contributed by atoms with Gasteiger partial charge in [-0.15, -0.1) is 10.2 Å². The lowest BCUT2D eigenvalue weighted by atomic mass is 10.0. The minimum absolute atomic E-state index is 0.0786. The molecule has 0 amide bonds. The van der Waals surface area contributed by atoms with E-state index in [9.17, 15) is 44.0 Å². The van der Waals surface area contributed by atoms with E-state index in [1.165, 1.54) is 19.1 Å². The second-order valence-corrected chi connectivity index (χ2v) is 14.0. The molecular weight excluding hydrogens is 699 g/mol. The third kappa shape index (κ3) is 6.51. The molecule has 5 rings (SSSR count). The Morgan fingerprint density at radius 2 is 1.44 bits per heavy atom. The molecule has 45 heavy (non-hydrogen) atoms. The number of hydrogen-bond donors (Lipinski definition) is 5. The number of fused-ring (bicyclic) bond motifs is 2. The van der Waals surface area contributed by atoms with E-state index in [1.54, 1.807) is 0 Å². The fraction of sp³-hybridized carbons (Fsp3) is 0.0417. The average Bonchev–Trinajstić information content (AvgIpc) is 2.89. The Morgan fingerprint density at radius 3 is 2.04 bits per heavy atom. The number of aromatic nitrogens is 3. The number of benzene rings is 4. The molecule has 0 aliphatic heterocycles.